The Bertz CT molecular complexity index is 1330. The maximum absolute atomic E-state index is 12.5. The van der Waals surface area contributed by atoms with Crippen molar-refractivity contribution in [1.82, 2.24) is 14.5 Å². The van der Waals surface area contributed by atoms with E-state index in [-0.39, 0.29) is 23.4 Å². The summed E-state index contributed by atoms with van der Waals surface area (Å²) in [4.78, 5) is 31.8. The molecule has 3 aromatic heterocycles. The zero-order valence-electron chi connectivity index (χ0n) is 15.0. The summed E-state index contributed by atoms with van der Waals surface area (Å²) < 4.78 is 6.95. The number of pyridine rings is 2. The van der Waals surface area contributed by atoms with Gasteiger partial charge in [-0.3, -0.25) is 9.36 Å². The van der Waals surface area contributed by atoms with Crippen LogP contribution in [0.5, 0.6) is 0 Å². The first-order valence-corrected chi connectivity index (χ1v) is 9.47. The zero-order valence-corrected chi connectivity index (χ0v) is 15.8. The molecule has 142 valence electrons. The van der Waals surface area contributed by atoms with Crippen LogP contribution in [0.15, 0.2) is 50.5 Å². The van der Waals surface area contributed by atoms with Crippen molar-refractivity contribution in [1.29, 1.82) is 0 Å². The largest absolute Gasteiger partial charge is 0.420 e. The molecule has 2 N–H and O–H groups in total. The van der Waals surface area contributed by atoms with Crippen molar-refractivity contribution in [3.63, 3.8) is 0 Å². The second-order valence-electron chi connectivity index (χ2n) is 7.16. The normalized spacial score (nSPS) is 15.2. The van der Waals surface area contributed by atoms with Gasteiger partial charge in [0, 0.05) is 33.6 Å². The molecular weight excluding hydrogens is 380 g/mol. The van der Waals surface area contributed by atoms with E-state index in [9.17, 15) is 9.59 Å². The molecular formula is C20H17ClN4O3. The van der Waals surface area contributed by atoms with Gasteiger partial charge in [0.15, 0.2) is 5.58 Å². The van der Waals surface area contributed by atoms with Gasteiger partial charge in [-0.1, -0.05) is 11.6 Å². The van der Waals surface area contributed by atoms with Gasteiger partial charge < -0.3 is 14.7 Å². The van der Waals surface area contributed by atoms with Gasteiger partial charge in [0.1, 0.15) is 5.82 Å². The zero-order chi connectivity index (χ0) is 19.4. The lowest BCUT2D eigenvalue weighted by atomic mass is 10.1. The number of hydrogen-bond acceptors (Lipinski definition) is 5. The Balaban J connectivity index is 1.51. The van der Waals surface area contributed by atoms with Crippen LogP contribution in [-0.2, 0) is 0 Å². The quantitative estimate of drug-likeness (QED) is 0.544. The van der Waals surface area contributed by atoms with Crippen molar-refractivity contribution >= 4 is 39.4 Å². The molecule has 7 nitrogen and oxygen atoms in total. The Morgan fingerprint density at radius 2 is 2.11 bits per heavy atom. The first kappa shape index (κ1) is 17.1. The molecule has 0 spiro atoms. The molecule has 1 saturated carbocycles. The number of rotatable bonds is 4. The second-order valence-corrected chi connectivity index (χ2v) is 7.59. The topological polar surface area (TPSA) is 92.9 Å². The maximum atomic E-state index is 12.5. The molecule has 0 radical (unpaired) electrons. The Hall–Kier alpha value is -3.06. The second kappa shape index (κ2) is 6.24. The van der Waals surface area contributed by atoms with Gasteiger partial charge in [-0.25, -0.2) is 9.78 Å². The van der Waals surface area contributed by atoms with Gasteiger partial charge in [-0.05, 0) is 44.0 Å². The Kier molecular flexibility index (Phi) is 3.80. The maximum Gasteiger partial charge on any atom is 0.420 e. The van der Waals surface area contributed by atoms with Crippen molar-refractivity contribution in [3.8, 4) is 0 Å². The van der Waals surface area contributed by atoms with E-state index in [2.05, 4.69) is 15.3 Å². The Morgan fingerprint density at radius 3 is 2.89 bits per heavy atom. The number of H-pyrrole nitrogens is 1. The minimum Gasteiger partial charge on any atom is -0.406 e. The molecule has 3 heterocycles. The predicted molar refractivity (Wildman–Crippen MR) is 108 cm³/mol. The average molecular weight is 397 g/mol. The van der Waals surface area contributed by atoms with Crippen molar-refractivity contribution in [2.75, 3.05) is 5.32 Å². The van der Waals surface area contributed by atoms with Crippen LogP contribution < -0.4 is 16.6 Å². The van der Waals surface area contributed by atoms with Crippen LogP contribution in [0, 0.1) is 0 Å². The highest BCUT2D eigenvalue weighted by Gasteiger charge is 2.28. The molecule has 1 aromatic carbocycles. The molecule has 28 heavy (non-hydrogen) atoms. The summed E-state index contributed by atoms with van der Waals surface area (Å²) >= 11 is 6.07. The number of fused-ring (bicyclic) bond motifs is 2. The first-order chi connectivity index (χ1) is 13.5. The summed E-state index contributed by atoms with van der Waals surface area (Å²) in [7, 11) is 0. The average Bonchev–Trinajstić information content (AvgIpc) is 3.43. The molecule has 5 rings (SSSR count). The lowest BCUT2D eigenvalue weighted by Crippen LogP contribution is -2.19. The third kappa shape index (κ3) is 2.88. The number of oxazole rings is 1. The van der Waals surface area contributed by atoms with Crippen LogP contribution in [-0.4, -0.2) is 14.5 Å². The fourth-order valence-corrected chi connectivity index (χ4v) is 3.69. The molecule has 1 aliphatic carbocycles. The summed E-state index contributed by atoms with van der Waals surface area (Å²) in [6.45, 7) is 1.89. The van der Waals surface area contributed by atoms with Crippen LogP contribution in [0.3, 0.4) is 0 Å². The van der Waals surface area contributed by atoms with Crippen molar-refractivity contribution in [3.05, 3.63) is 68.0 Å². The standard InChI is InChI=1S/C20H17ClN4O3/c1-10(14-7-11-6-12(21)2-5-15(11)24-19(14)26)23-18-8-16-17(9-22-18)28-20(27)25(16)13-3-4-13/h2,5-10,13H,3-4H2,1H3,(H,22,23)(H,24,26)/t10-/m0/s1. The molecule has 0 aliphatic heterocycles. The SMILES string of the molecule is C[C@H](Nc1cc2c(cn1)oc(=O)n2C1CC1)c1cc2cc(Cl)ccc2[nH]c1=O. The third-order valence-electron chi connectivity index (χ3n) is 5.08. The highest BCUT2D eigenvalue weighted by atomic mass is 35.5. The number of halogens is 1. The van der Waals surface area contributed by atoms with Gasteiger partial charge in [0.25, 0.3) is 5.56 Å². The van der Waals surface area contributed by atoms with Crippen molar-refractivity contribution in [2.45, 2.75) is 31.8 Å². The molecule has 1 aliphatic rings. The summed E-state index contributed by atoms with van der Waals surface area (Å²) in [5, 5.41) is 4.71. The van der Waals surface area contributed by atoms with E-state index in [1.807, 2.05) is 19.1 Å². The van der Waals surface area contributed by atoms with Crippen molar-refractivity contribution in [2.24, 2.45) is 0 Å². The highest BCUT2D eigenvalue weighted by molar-refractivity contribution is 6.31. The molecule has 4 aromatic rings. The van der Waals surface area contributed by atoms with Gasteiger partial charge in [0.2, 0.25) is 0 Å². The number of anilines is 1. The number of aromatic amines is 1. The smallest absolute Gasteiger partial charge is 0.406 e. The van der Waals surface area contributed by atoms with E-state index in [4.69, 9.17) is 16.0 Å². The van der Waals surface area contributed by atoms with Gasteiger partial charge in [-0.15, -0.1) is 0 Å². The molecule has 0 amide bonds. The van der Waals surface area contributed by atoms with E-state index in [0.717, 1.165) is 29.3 Å². The highest BCUT2D eigenvalue weighted by Crippen LogP contribution is 2.36. The lowest BCUT2D eigenvalue weighted by molar-refractivity contribution is 0.508. The van der Waals surface area contributed by atoms with E-state index in [0.29, 0.717) is 22.0 Å². The molecule has 1 fully saturated rings. The Labute approximate surface area is 164 Å². The van der Waals surface area contributed by atoms with Crippen LogP contribution in [0.4, 0.5) is 5.82 Å². The van der Waals surface area contributed by atoms with E-state index >= 15 is 0 Å². The van der Waals surface area contributed by atoms with Crippen molar-refractivity contribution < 1.29 is 4.42 Å². The lowest BCUT2D eigenvalue weighted by Gasteiger charge is -2.15. The number of aromatic nitrogens is 3. The minimum atomic E-state index is -0.354. The Morgan fingerprint density at radius 1 is 1.29 bits per heavy atom. The summed E-state index contributed by atoms with van der Waals surface area (Å²) in [6, 6.07) is 8.86. The van der Waals surface area contributed by atoms with Gasteiger partial charge in [0.05, 0.1) is 17.8 Å². The summed E-state index contributed by atoms with van der Waals surface area (Å²) in [5.41, 5.74) is 2.32. The van der Waals surface area contributed by atoms with E-state index in [1.54, 1.807) is 22.8 Å². The van der Waals surface area contributed by atoms with Crippen LogP contribution in [0.2, 0.25) is 5.02 Å². The number of hydrogen-bond donors (Lipinski definition) is 2. The van der Waals surface area contributed by atoms with Crippen LogP contribution >= 0.6 is 11.6 Å². The first-order valence-electron chi connectivity index (χ1n) is 9.10. The fraction of sp³-hybridized carbons (Fsp3) is 0.250. The molecule has 1 atom stereocenters. The predicted octanol–water partition coefficient (Wildman–Crippen LogP) is 3.99. The minimum absolute atomic E-state index is 0.172. The fourth-order valence-electron chi connectivity index (χ4n) is 3.51. The third-order valence-corrected chi connectivity index (χ3v) is 5.31. The number of nitrogens with one attached hydrogen (secondary N) is 2. The van der Waals surface area contributed by atoms with Crippen LogP contribution in [0.1, 0.15) is 37.4 Å². The number of nitrogens with zero attached hydrogens (tertiary/aromatic N) is 2. The van der Waals surface area contributed by atoms with E-state index in [1.165, 1.54) is 6.20 Å². The molecule has 0 unspecified atom stereocenters. The summed E-state index contributed by atoms with van der Waals surface area (Å²) in [5.74, 6) is 0.216. The summed E-state index contributed by atoms with van der Waals surface area (Å²) in [6.07, 6.45) is 3.49. The molecule has 0 saturated heterocycles. The molecule has 0 bridgehead atoms. The number of benzene rings is 1. The van der Waals surface area contributed by atoms with Gasteiger partial charge >= 0.3 is 5.76 Å². The van der Waals surface area contributed by atoms with Crippen LogP contribution in [0.25, 0.3) is 22.0 Å². The monoisotopic (exact) mass is 396 g/mol. The molecule has 8 heteroatoms. The van der Waals surface area contributed by atoms with E-state index < -0.39 is 0 Å². The van der Waals surface area contributed by atoms with Gasteiger partial charge in [-0.2, -0.15) is 0 Å².